The Bertz CT molecular complexity index is 584. The van der Waals surface area contributed by atoms with Crippen molar-refractivity contribution in [3.63, 3.8) is 0 Å². The van der Waals surface area contributed by atoms with Gasteiger partial charge in [-0.3, -0.25) is 4.90 Å². The first-order chi connectivity index (χ1) is 10.2. The van der Waals surface area contributed by atoms with Gasteiger partial charge in [-0.15, -0.1) is 0 Å². The summed E-state index contributed by atoms with van der Waals surface area (Å²) in [6.45, 7) is 3.36. The number of nitrogens with zero attached hydrogens (tertiary/aromatic N) is 1. The molecule has 2 aromatic rings. The lowest BCUT2D eigenvalue weighted by Crippen LogP contribution is -2.30. The van der Waals surface area contributed by atoms with Crippen LogP contribution in [-0.2, 0) is 6.54 Å². The minimum atomic E-state index is 0.226. The molecular formula is C18H24N2O. The van der Waals surface area contributed by atoms with Crippen molar-refractivity contribution in [2.75, 3.05) is 13.6 Å². The summed E-state index contributed by atoms with van der Waals surface area (Å²) in [5.74, 6) is 2.75. The van der Waals surface area contributed by atoms with Crippen molar-refractivity contribution in [1.29, 1.82) is 0 Å². The van der Waals surface area contributed by atoms with E-state index >= 15 is 0 Å². The number of nitrogens with two attached hydrogens (primary N) is 1. The fourth-order valence-electron chi connectivity index (χ4n) is 2.90. The molecule has 3 nitrogen and oxygen atoms in total. The largest absolute Gasteiger partial charge is 0.465 e. The fourth-order valence-corrected chi connectivity index (χ4v) is 2.90. The van der Waals surface area contributed by atoms with Gasteiger partial charge >= 0.3 is 0 Å². The van der Waals surface area contributed by atoms with Crippen LogP contribution in [0.1, 0.15) is 47.4 Å². The van der Waals surface area contributed by atoms with Crippen LogP contribution in [-0.4, -0.2) is 18.5 Å². The van der Waals surface area contributed by atoms with Crippen molar-refractivity contribution in [3.8, 4) is 0 Å². The molecule has 0 saturated heterocycles. The van der Waals surface area contributed by atoms with Crippen molar-refractivity contribution in [1.82, 2.24) is 4.90 Å². The van der Waals surface area contributed by atoms with Crippen LogP contribution in [0.25, 0.3) is 0 Å². The first-order valence-electron chi connectivity index (χ1n) is 7.73. The summed E-state index contributed by atoms with van der Waals surface area (Å²) in [7, 11) is 2.10. The molecule has 112 valence electrons. The molecule has 1 unspecified atom stereocenters. The van der Waals surface area contributed by atoms with Gasteiger partial charge in [-0.25, -0.2) is 0 Å². The highest BCUT2D eigenvalue weighted by atomic mass is 16.3. The molecule has 0 spiro atoms. The topological polar surface area (TPSA) is 42.4 Å². The molecule has 1 aromatic heterocycles. The highest BCUT2D eigenvalue weighted by Crippen LogP contribution is 2.40. The molecule has 1 fully saturated rings. The minimum Gasteiger partial charge on any atom is -0.465 e. The second kappa shape index (κ2) is 6.04. The van der Waals surface area contributed by atoms with Crippen LogP contribution < -0.4 is 5.73 Å². The average molecular weight is 284 g/mol. The van der Waals surface area contributed by atoms with E-state index in [0.29, 0.717) is 6.54 Å². The molecule has 1 atom stereocenters. The summed E-state index contributed by atoms with van der Waals surface area (Å²) in [4.78, 5) is 2.25. The average Bonchev–Trinajstić information content (AvgIpc) is 3.24. The van der Waals surface area contributed by atoms with Gasteiger partial charge in [-0.2, -0.15) is 0 Å². The van der Waals surface area contributed by atoms with E-state index in [1.165, 1.54) is 24.0 Å². The molecule has 21 heavy (non-hydrogen) atoms. The molecule has 3 heteroatoms. The van der Waals surface area contributed by atoms with E-state index in [4.69, 9.17) is 10.2 Å². The molecule has 0 aliphatic heterocycles. The van der Waals surface area contributed by atoms with Gasteiger partial charge in [0.1, 0.15) is 11.5 Å². The number of furan rings is 1. The molecule has 0 radical (unpaired) electrons. The predicted octanol–water partition coefficient (Wildman–Crippen LogP) is 3.60. The van der Waals surface area contributed by atoms with Gasteiger partial charge in [0.05, 0.1) is 6.54 Å². The van der Waals surface area contributed by atoms with Gasteiger partial charge in [0.2, 0.25) is 0 Å². The zero-order valence-electron chi connectivity index (χ0n) is 12.9. The van der Waals surface area contributed by atoms with Gasteiger partial charge < -0.3 is 10.2 Å². The Morgan fingerprint density at radius 3 is 2.43 bits per heavy atom. The van der Waals surface area contributed by atoms with Crippen LogP contribution in [0.4, 0.5) is 0 Å². The third-order valence-electron chi connectivity index (χ3n) is 4.33. The van der Waals surface area contributed by atoms with E-state index in [9.17, 15) is 0 Å². The summed E-state index contributed by atoms with van der Waals surface area (Å²) in [5, 5.41) is 0. The SMILES string of the molecule is Cc1ccc(CN(C)C(CN)c2ccc(C3CC3)cc2)o1. The second-order valence-electron chi connectivity index (χ2n) is 6.12. The summed E-state index contributed by atoms with van der Waals surface area (Å²) in [6.07, 6.45) is 2.69. The zero-order chi connectivity index (χ0) is 14.8. The Morgan fingerprint density at radius 2 is 1.90 bits per heavy atom. The van der Waals surface area contributed by atoms with E-state index in [1.54, 1.807) is 0 Å². The summed E-state index contributed by atoms with van der Waals surface area (Å²) < 4.78 is 5.66. The molecule has 1 heterocycles. The fraction of sp³-hybridized carbons (Fsp3) is 0.444. The molecule has 0 bridgehead atoms. The Hall–Kier alpha value is -1.58. The summed E-state index contributed by atoms with van der Waals surface area (Å²) >= 11 is 0. The molecule has 1 aliphatic carbocycles. The Labute approximate surface area is 126 Å². The van der Waals surface area contributed by atoms with Gasteiger partial charge in [0.15, 0.2) is 0 Å². The van der Waals surface area contributed by atoms with E-state index in [1.807, 2.05) is 19.1 Å². The molecule has 1 saturated carbocycles. The zero-order valence-corrected chi connectivity index (χ0v) is 12.9. The van der Waals surface area contributed by atoms with Crippen molar-refractivity contribution in [3.05, 3.63) is 59.0 Å². The lowest BCUT2D eigenvalue weighted by atomic mass is 10.0. The normalized spacial score (nSPS) is 16.4. The van der Waals surface area contributed by atoms with Crippen molar-refractivity contribution < 1.29 is 4.42 Å². The first kappa shape index (κ1) is 14.4. The molecule has 3 rings (SSSR count). The monoisotopic (exact) mass is 284 g/mol. The Morgan fingerprint density at radius 1 is 1.19 bits per heavy atom. The van der Waals surface area contributed by atoms with Gasteiger partial charge in [0.25, 0.3) is 0 Å². The van der Waals surface area contributed by atoms with Crippen LogP contribution in [0.2, 0.25) is 0 Å². The summed E-state index contributed by atoms with van der Waals surface area (Å²) in [6, 6.07) is 13.3. The highest BCUT2D eigenvalue weighted by Gasteiger charge is 2.24. The number of rotatable bonds is 6. The van der Waals surface area contributed by atoms with Crippen molar-refractivity contribution >= 4 is 0 Å². The van der Waals surface area contributed by atoms with Gasteiger partial charge in [-0.05, 0) is 56.0 Å². The maximum absolute atomic E-state index is 6.00. The molecule has 2 N–H and O–H groups in total. The maximum atomic E-state index is 6.00. The molecule has 0 amide bonds. The number of likely N-dealkylation sites (N-methyl/N-ethyl adjacent to an activating group) is 1. The first-order valence-corrected chi connectivity index (χ1v) is 7.73. The van der Waals surface area contributed by atoms with Crippen molar-refractivity contribution in [2.45, 2.75) is 38.3 Å². The van der Waals surface area contributed by atoms with Crippen LogP contribution in [0.3, 0.4) is 0 Å². The third-order valence-corrected chi connectivity index (χ3v) is 4.33. The lowest BCUT2D eigenvalue weighted by molar-refractivity contribution is 0.221. The number of benzene rings is 1. The molecule has 1 aromatic carbocycles. The molecular weight excluding hydrogens is 260 g/mol. The lowest BCUT2D eigenvalue weighted by Gasteiger charge is -2.26. The Kier molecular flexibility index (Phi) is 4.13. The highest BCUT2D eigenvalue weighted by molar-refractivity contribution is 5.30. The van der Waals surface area contributed by atoms with Gasteiger partial charge in [0, 0.05) is 12.6 Å². The Balaban J connectivity index is 1.70. The number of hydrogen-bond acceptors (Lipinski definition) is 3. The third kappa shape index (κ3) is 3.36. The standard InChI is InChI=1S/C18H24N2O/c1-13-3-10-17(21-13)12-20(2)18(11-19)16-8-6-15(7-9-16)14-4-5-14/h3,6-10,14,18H,4-5,11-12,19H2,1-2H3. The number of hydrogen-bond donors (Lipinski definition) is 1. The van der Waals surface area contributed by atoms with Crippen LogP contribution >= 0.6 is 0 Å². The summed E-state index contributed by atoms with van der Waals surface area (Å²) in [5.41, 5.74) is 8.76. The van der Waals surface area contributed by atoms with E-state index < -0.39 is 0 Å². The maximum Gasteiger partial charge on any atom is 0.118 e. The van der Waals surface area contributed by atoms with E-state index in [-0.39, 0.29) is 6.04 Å². The van der Waals surface area contributed by atoms with Crippen LogP contribution in [0, 0.1) is 6.92 Å². The van der Waals surface area contributed by atoms with E-state index in [2.05, 4.69) is 36.2 Å². The van der Waals surface area contributed by atoms with Crippen LogP contribution in [0.15, 0.2) is 40.8 Å². The smallest absolute Gasteiger partial charge is 0.118 e. The predicted molar refractivity (Wildman–Crippen MR) is 85.1 cm³/mol. The molecule has 1 aliphatic rings. The number of aryl methyl sites for hydroxylation is 1. The minimum absolute atomic E-state index is 0.226. The van der Waals surface area contributed by atoms with E-state index in [0.717, 1.165) is 24.0 Å². The quantitative estimate of drug-likeness (QED) is 0.881. The second-order valence-corrected chi connectivity index (χ2v) is 6.12. The van der Waals surface area contributed by atoms with Gasteiger partial charge in [-0.1, -0.05) is 24.3 Å². The van der Waals surface area contributed by atoms with Crippen molar-refractivity contribution in [2.24, 2.45) is 5.73 Å². The van der Waals surface area contributed by atoms with Crippen LogP contribution in [0.5, 0.6) is 0 Å².